The summed E-state index contributed by atoms with van der Waals surface area (Å²) in [5.74, 6) is -0.0539. The van der Waals surface area contributed by atoms with Gasteiger partial charge >= 0.3 is 0 Å². The zero-order valence-electron chi connectivity index (χ0n) is 14.9. The second-order valence-corrected chi connectivity index (χ2v) is 6.95. The van der Waals surface area contributed by atoms with Crippen molar-refractivity contribution in [1.82, 2.24) is 10.2 Å². The molecule has 1 saturated heterocycles. The number of carbonyl (C=O) groups excluding carboxylic acids is 1. The third-order valence-corrected chi connectivity index (χ3v) is 5.06. The van der Waals surface area contributed by atoms with E-state index in [1.54, 1.807) is 0 Å². The number of rotatable bonds is 6. The Bertz CT molecular complexity index is 660. The number of benzene rings is 2. The van der Waals surface area contributed by atoms with Gasteiger partial charge in [-0.2, -0.15) is 0 Å². The van der Waals surface area contributed by atoms with Gasteiger partial charge in [0, 0.05) is 19.6 Å². The van der Waals surface area contributed by atoms with Gasteiger partial charge in [0.1, 0.15) is 5.67 Å². The zero-order chi connectivity index (χ0) is 18.4. The molecule has 0 atom stereocenters. The lowest BCUT2D eigenvalue weighted by Gasteiger charge is -2.35. The van der Waals surface area contributed by atoms with Gasteiger partial charge in [0.2, 0.25) is 5.91 Å². The average Bonchev–Trinajstić information content (AvgIpc) is 2.69. The van der Waals surface area contributed by atoms with Gasteiger partial charge in [-0.25, -0.2) is 4.39 Å². The third kappa shape index (κ3) is 4.68. The van der Waals surface area contributed by atoms with Gasteiger partial charge in [-0.05, 0) is 24.0 Å². The van der Waals surface area contributed by atoms with E-state index in [4.69, 9.17) is 5.73 Å². The van der Waals surface area contributed by atoms with E-state index in [1.807, 2.05) is 65.6 Å². The summed E-state index contributed by atoms with van der Waals surface area (Å²) >= 11 is 0. The highest BCUT2D eigenvalue weighted by molar-refractivity contribution is 5.79. The molecule has 0 aromatic heterocycles. The molecule has 1 fully saturated rings. The molecular formula is C21H26FN3O. The Morgan fingerprint density at radius 3 is 2.00 bits per heavy atom. The van der Waals surface area contributed by atoms with Crippen molar-refractivity contribution in [1.29, 1.82) is 0 Å². The number of hydrogen-bond acceptors (Lipinski definition) is 3. The summed E-state index contributed by atoms with van der Waals surface area (Å²) in [4.78, 5) is 14.6. The molecule has 1 amide bonds. The molecule has 2 aromatic carbocycles. The molecule has 138 valence electrons. The Morgan fingerprint density at radius 1 is 1.04 bits per heavy atom. The fourth-order valence-electron chi connectivity index (χ4n) is 3.38. The van der Waals surface area contributed by atoms with Crippen LogP contribution in [0.25, 0.3) is 0 Å². The Balaban J connectivity index is 1.65. The Hall–Kier alpha value is -2.24. The molecule has 5 heteroatoms. The Morgan fingerprint density at radius 2 is 1.54 bits per heavy atom. The van der Waals surface area contributed by atoms with Crippen molar-refractivity contribution in [2.24, 2.45) is 5.73 Å². The molecule has 0 radical (unpaired) electrons. The number of nitrogens with one attached hydrogen (secondary N) is 1. The fourth-order valence-corrected chi connectivity index (χ4v) is 3.38. The van der Waals surface area contributed by atoms with E-state index in [9.17, 15) is 9.18 Å². The summed E-state index contributed by atoms with van der Waals surface area (Å²) in [6, 6.07) is 19.6. The molecule has 4 nitrogen and oxygen atoms in total. The highest BCUT2D eigenvalue weighted by Gasteiger charge is 2.33. The highest BCUT2D eigenvalue weighted by atomic mass is 19.1. The van der Waals surface area contributed by atoms with Crippen molar-refractivity contribution < 1.29 is 9.18 Å². The smallest absolute Gasteiger partial charge is 0.234 e. The summed E-state index contributed by atoms with van der Waals surface area (Å²) in [5, 5.41) is 3.13. The first kappa shape index (κ1) is 18.5. The minimum Gasteiger partial charge on any atom is -0.344 e. The molecule has 0 bridgehead atoms. The zero-order valence-corrected chi connectivity index (χ0v) is 14.9. The van der Waals surface area contributed by atoms with Crippen LogP contribution in [-0.2, 0) is 4.79 Å². The quantitative estimate of drug-likeness (QED) is 0.838. The van der Waals surface area contributed by atoms with Crippen LogP contribution in [0.5, 0.6) is 0 Å². The summed E-state index contributed by atoms with van der Waals surface area (Å²) < 4.78 is 14.2. The Kier molecular flexibility index (Phi) is 6.01. The van der Waals surface area contributed by atoms with Crippen molar-refractivity contribution in [3.63, 3.8) is 0 Å². The number of piperidine rings is 1. The standard InChI is InChI=1S/C21H26FN3O/c22-21(16-23)11-13-25(14-12-21)15-19(26)24-20(17-7-3-1-4-8-17)18-9-5-2-6-10-18/h1-10,20H,11-16,23H2,(H,24,26). The average molecular weight is 355 g/mol. The molecular weight excluding hydrogens is 329 g/mol. The number of hydrogen-bond donors (Lipinski definition) is 2. The van der Waals surface area contributed by atoms with E-state index < -0.39 is 5.67 Å². The molecule has 3 N–H and O–H groups in total. The molecule has 2 aromatic rings. The predicted molar refractivity (Wildman–Crippen MR) is 101 cm³/mol. The van der Waals surface area contributed by atoms with Crippen LogP contribution in [0, 0.1) is 0 Å². The van der Waals surface area contributed by atoms with Crippen molar-refractivity contribution in [2.45, 2.75) is 24.6 Å². The van der Waals surface area contributed by atoms with Gasteiger partial charge in [0.25, 0.3) is 0 Å². The molecule has 26 heavy (non-hydrogen) atoms. The van der Waals surface area contributed by atoms with Crippen LogP contribution < -0.4 is 11.1 Å². The van der Waals surface area contributed by atoms with E-state index in [-0.39, 0.29) is 25.0 Å². The molecule has 0 unspecified atom stereocenters. The number of carbonyl (C=O) groups is 1. The minimum atomic E-state index is -1.27. The van der Waals surface area contributed by atoms with Gasteiger partial charge in [-0.3, -0.25) is 9.69 Å². The van der Waals surface area contributed by atoms with Crippen LogP contribution >= 0.6 is 0 Å². The van der Waals surface area contributed by atoms with Gasteiger partial charge < -0.3 is 11.1 Å². The molecule has 1 aliphatic rings. The van der Waals surface area contributed by atoms with E-state index in [0.717, 1.165) is 11.1 Å². The highest BCUT2D eigenvalue weighted by Crippen LogP contribution is 2.25. The van der Waals surface area contributed by atoms with Crippen LogP contribution in [0.3, 0.4) is 0 Å². The van der Waals surface area contributed by atoms with Crippen molar-refractivity contribution in [2.75, 3.05) is 26.2 Å². The lowest BCUT2D eigenvalue weighted by molar-refractivity contribution is -0.123. The first-order valence-electron chi connectivity index (χ1n) is 9.10. The van der Waals surface area contributed by atoms with Crippen LogP contribution in [0.2, 0.25) is 0 Å². The molecule has 1 heterocycles. The first-order chi connectivity index (χ1) is 12.6. The summed E-state index contributed by atoms with van der Waals surface area (Å²) in [6.45, 7) is 1.44. The normalized spacial score (nSPS) is 17.2. The lowest BCUT2D eigenvalue weighted by atomic mass is 9.93. The van der Waals surface area contributed by atoms with Crippen molar-refractivity contribution >= 4 is 5.91 Å². The first-order valence-corrected chi connectivity index (χ1v) is 9.10. The largest absolute Gasteiger partial charge is 0.344 e. The van der Waals surface area contributed by atoms with Crippen LogP contribution in [0.1, 0.15) is 30.0 Å². The summed E-state index contributed by atoms with van der Waals surface area (Å²) in [5.41, 5.74) is 6.31. The number of halogens is 1. The number of amides is 1. The third-order valence-electron chi connectivity index (χ3n) is 5.06. The van der Waals surface area contributed by atoms with Gasteiger partial charge in [-0.15, -0.1) is 0 Å². The maximum absolute atomic E-state index is 14.2. The molecule has 1 aliphatic heterocycles. The number of nitrogens with zero attached hydrogens (tertiary/aromatic N) is 1. The predicted octanol–water partition coefficient (Wildman–Crippen LogP) is 2.66. The second kappa shape index (κ2) is 8.43. The topological polar surface area (TPSA) is 58.4 Å². The lowest BCUT2D eigenvalue weighted by Crippen LogP contribution is -2.48. The molecule has 0 aliphatic carbocycles. The van der Waals surface area contributed by atoms with Crippen molar-refractivity contribution in [3.8, 4) is 0 Å². The van der Waals surface area contributed by atoms with Gasteiger partial charge in [0.05, 0.1) is 12.6 Å². The van der Waals surface area contributed by atoms with Gasteiger partial charge in [-0.1, -0.05) is 60.7 Å². The maximum atomic E-state index is 14.2. The molecule has 0 saturated carbocycles. The summed E-state index contributed by atoms with van der Waals surface area (Å²) in [6.07, 6.45) is 0.773. The summed E-state index contributed by atoms with van der Waals surface area (Å²) in [7, 11) is 0. The maximum Gasteiger partial charge on any atom is 0.234 e. The number of alkyl halides is 1. The number of likely N-dealkylation sites (tertiary alicyclic amines) is 1. The second-order valence-electron chi connectivity index (χ2n) is 6.95. The number of nitrogens with two attached hydrogens (primary N) is 1. The SMILES string of the molecule is NCC1(F)CCN(CC(=O)NC(c2ccccc2)c2ccccc2)CC1. The van der Waals surface area contributed by atoms with Crippen molar-refractivity contribution in [3.05, 3.63) is 71.8 Å². The van der Waals surface area contributed by atoms with E-state index in [2.05, 4.69) is 5.32 Å². The molecule has 3 rings (SSSR count). The minimum absolute atomic E-state index is 0.0527. The Labute approximate surface area is 154 Å². The van der Waals surface area contributed by atoms with E-state index >= 15 is 0 Å². The van der Waals surface area contributed by atoms with Gasteiger partial charge in [0.15, 0.2) is 0 Å². The van der Waals surface area contributed by atoms with Crippen LogP contribution in [0.4, 0.5) is 4.39 Å². The monoisotopic (exact) mass is 355 g/mol. The van der Waals surface area contributed by atoms with E-state index in [0.29, 0.717) is 25.9 Å². The van der Waals surface area contributed by atoms with E-state index in [1.165, 1.54) is 0 Å². The van der Waals surface area contributed by atoms with Crippen LogP contribution in [0.15, 0.2) is 60.7 Å². The molecule has 0 spiro atoms. The fraction of sp³-hybridized carbons (Fsp3) is 0.381. The van der Waals surface area contributed by atoms with Crippen LogP contribution in [-0.4, -0.2) is 42.7 Å².